The fourth-order valence-corrected chi connectivity index (χ4v) is 1.45. The van der Waals surface area contributed by atoms with Crippen LogP contribution in [0.5, 0.6) is 0 Å². The van der Waals surface area contributed by atoms with Crippen LogP contribution in [-0.4, -0.2) is 23.5 Å². The van der Waals surface area contributed by atoms with E-state index in [0.29, 0.717) is 5.56 Å². The van der Waals surface area contributed by atoms with Crippen LogP contribution >= 0.6 is 15.9 Å². The van der Waals surface area contributed by atoms with Gasteiger partial charge in [0.15, 0.2) is 0 Å². The van der Waals surface area contributed by atoms with Crippen molar-refractivity contribution in [2.45, 2.75) is 6.92 Å². The highest BCUT2D eigenvalue weighted by molar-refractivity contribution is 9.10. The first-order valence-corrected chi connectivity index (χ1v) is 5.06. The van der Waals surface area contributed by atoms with E-state index in [1.807, 2.05) is 6.07 Å². The molecule has 0 aliphatic rings. The van der Waals surface area contributed by atoms with Crippen LogP contribution in [0.25, 0.3) is 0 Å². The number of aryl methyl sites for hydroxylation is 1. The number of aliphatic carboxylic acids is 1. The molecule has 0 saturated heterocycles. The van der Waals surface area contributed by atoms with Gasteiger partial charge in [-0.2, -0.15) is 0 Å². The Balaban J connectivity index is 2.81. The molecule has 0 heterocycles. The first kappa shape index (κ1) is 11.7. The number of benzene rings is 1. The van der Waals surface area contributed by atoms with Gasteiger partial charge in [-0.05, 0) is 24.6 Å². The second-order valence-electron chi connectivity index (χ2n) is 3.04. The van der Waals surface area contributed by atoms with Crippen molar-refractivity contribution in [2.75, 3.05) is 6.54 Å². The van der Waals surface area contributed by atoms with Crippen molar-refractivity contribution in [3.8, 4) is 0 Å². The standard InChI is InChI=1S/C10H10BrNO3/c1-6-2-3-7(11)4-8(6)10(15)12-5-9(13)14/h2-4H,5H2,1H3,(H,12,15)(H,13,14). The summed E-state index contributed by atoms with van der Waals surface area (Å²) < 4.78 is 0.786. The van der Waals surface area contributed by atoms with Gasteiger partial charge in [0, 0.05) is 10.0 Å². The summed E-state index contributed by atoms with van der Waals surface area (Å²) in [5, 5.41) is 10.7. The van der Waals surface area contributed by atoms with E-state index in [2.05, 4.69) is 21.2 Å². The van der Waals surface area contributed by atoms with Gasteiger partial charge in [0.2, 0.25) is 0 Å². The predicted molar refractivity (Wildman–Crippen MR) is 58.8 cm³/mol. The Morgan fingerprint density at radius 1 is 1.47 bits per heavy atom. The first-order chi connectivity index (χ1) is 7.00. The highest BCUT2D eigenvalue weighted by Gasteiger charge is 2.10. The lowest BCUT2D eigenvalue weighted by molar-refractivity contribution is -0.135. The lowest BCUT2D eigenvalue weighted by atomic mass is 10.1. The van der Waals surface area contributed by atoms with Gasteiger partial charge < -0.3 is 10.4 Å². The van der Waals surface area contributed by atoms with Crippen LogP contribution < -0.4 is 5.32 Å². The number of carboxylic acids is 1. The maximum absolute atomic E-state index is 11.5. The Morgan fingerprint density at radius 2 is 2.13 bits per heavy atom. The predicted octanol–water partition coefficient (Wildman–Crippen LogP) is 1.57. The Kier molecular flexibility index (Phi) is 3.85. The van der Waals surface area contributed by atoms with Crippen LogP contribution in [0.2, 0.25) is 0 Å². The molecule has 2 N–H and O–H groups in total. The minimum atomic E-state index is -1.06. The minimum absolute atomic E-state index is 0.370. The van der Waals surface area contributed by atoms with Crippen molar-refractivity contribution in [3.63, 3.8) is 0 Å². The van der Waals surface area contributed by atoms with Crippen molar-refractivity contribution in [3.05, 3.63) is 33.8 Å². The van der Waals surface area contributed by atoms with Crippen molar-refractivity contribution >= 4 is 27.8 Å². The molecule has 0 atom stereocenters. The van der Waals surface area contributed by atoms with E-state index < -0.39 is 5.97 Å². The zero-order valence-corrected chi connectivity index (χ0v) is 9.67. The number of halogens is 1. The van der Waals surface area contributed by atoms with E-state index >= 15 is 0 Å². The van der Waals surface area contributed by atoms with Gasteiger partial charge >= 0.3 is 5.97 Å². The Hall–Kier alpha value is -1.36. The number of carboxylic acid groups (broad SMARTS) is 1. The smallest absolute Gasteiger partial charge is 0.322 e. The van der Waals surface area contributed by atoms with Gasteiger partial charge in [-0.25, -0.2) is 0 Å². The van der Waals surface area contributed by atoms with E-state index in [-0.39, 0.29) is 12.5 Å². The molecular weight excluding hydrogens is 262 g/mol. The summed E-state index contributed by atoms with van der Waals surface area (Å²) in [5.41, 5.74) is 1.28. The first-order valence-electron chi connectivity index (χ1n) is 4.27. The zero-order valence-electron chi connectivity index (χ0n) is 8.08. The largest absolute Gasteiger partial charge is 0.480 e. The number of nitrogens with one attached hydrogen (secondary N) is 1. The summed E-state index contributed by atoms with van der Waals surface area (Å²) in [5.74, 6) is -1.44. The van der Waals surface area contributed by atoms with Crippen LogP contribution in [0.3, 0.4) is 0 Å². The number of carbonyl (C=O) groups excluding carboxylic acids is 1. The van der Waals surface area contributed by atoms with Gasteiger partial charge in [0.05, 0.1) is 0 Å². The van der Waals surface area contributed by atoms with Crippen molar-refractivity contribution in [1.82, 2.24) is 5.32 Å². The monoisotopic (exact) mass is 271 g/mol. The Bertz CT molecular complexity index is 404. The second-order valence-corrected chi connectivity index (χ2v) is 3.95. The molecule has 4 nitrogen and oxygen atoms in total. The summed E-state index contributed by atoms with van der Waals surface area (Å²) in [7, 11) is 0. The highest BCUT2D eigenvalue weighted by atomic mass is 79.9. The van der Waals surface area contributed by atoms with Crippen LogP contribution in [0.4, 0.5) is 0 Å². The summed E-state index contributed by atoms with van der Waals surface area (Å²) in [6, 6.07) is 5.27. The average Bonchev–Trinajstić information content (AvgIpc) is 2.18. The molecule has 0 radical (unpaired) electrons. The van der Waals surface area contributed by atoms with Crippen molar-refractivity contribution in [2.24, 2.45) is 0 Å². The highest BCUT2D eigenvalue weighted by Crippen LogP contribution is 2.15. The third kappa shape index (κ3) is 3.36. The summed E-state index contributed by atoms with van der Waals surface area (Å²) in [6.45, 7) is 1.42. The molecular formula is C10H10BrNO3. The SMILES string of the molecule is Cc1ccc(Br)cc1C(=O)NCC(=O)O. The number of hydrogen-bond donors (Lipinski definition) is 2. The van der Waals surface area contributed by atoms with Crippen molar-refractivity contribution < 1.29 is 14.7 Å². The van der Waals surface area contributed by atoms with Crippen LogP contribution in [0, 0.1) is 6.92 Å². The van der Waals surface area contributed by atoms with Gasteiger partial charge in [0.25, 0.3) is 5.91 Å². The maximum atomic E-state index is 11.5. The van der Waals surface area contributed by atoms with Gasteiger partial charge in [-0.1, -0.05) is 22.0 Å². The van der Waals surface area contributed by atoms with E-state index in [9.17, 15) is 9.59 Å². The minimum Gasteiger partial charge on any atom is -0.480 e. The third-order valence-corrected chi connectivity index (χ3v) is 2.34. The van der Waals surface area contributed by atoms with Gasteiger partial charge in [-0.15, -0.1) is 0 Å². The molecule has 5 heteroatoms. The number of amides is 1. The quantitative estimate of drug-likeness (QED) is 0.877. The molecule has 0 unspecified atom stereocenters. The Labute approximate surface area is 95.4 Å². The molecule has 1 aromatic carbocycles. The average molecular weight is 272 g/mol. The van der Waals surface area contributed by atoms with Gasteiger partial charge in [0.1, 0.15) is 6.54 Å². The molecule has 0 spiro atoms. The van der Waals surface area contributed by atoms with E-state index in [4.69, 9.17) is 5.11 Å². The fraction of sp³-hybridized carbons (Fsp3) is 0.200. The molecule has 0 aromatic heterocycles. The van der Waals surface area contributed by atoms with Crippen LogP contribution in [0.15, 0.2) is 22.7 Å². The summed E-state index contributed by atoms with van der Waals surface area (Å²) in [6.07, 6.45) is 0. The molecule has 0 aliphatic heterocycles. The molecule has 1 rings (SSSR count). The van der Waals surface area contributed by atoms with Gasteiger partial charge in [-0.3, -0.25) is 9.59 Å². The molecule has 1 amide bonds. The zero-order chi connectivity index (χ0) is 11.4. The summed E-state index contributed by atoms with van der Waals surface area (Å²) in [4.78, 5) is 21.8. The molecule has 1 aromatic rings. The maximum Gasteiger partial charge on any atom is 0.322 e. The van der Waals surface area contributed by atoms with Crippen LogP contribution in [0.1, 0.15) is 15.9 Å². The lowest BCUT2D eigenvalue weighted by Crippen LogP contribution is -2.29. The molecule has 15 heavy (non-hydrogen) atoms. The number of hydrogen-bond acceptors (Lipinski definition) is 2. The molecule has 0 aliphatic carbocycles. The summed E-state index contributed by atoms with van der Waals surface area (Å²) >= 11 is 3.25. The molecule has 0 bridgehead atoms. The molecule has 80 valence electrons. The van der Waals surface area contributed by atoms with Crippen molar-refractivity contribution in [1.29, 1.82) is 0 Å². The third-order valence-electron chi connectivity index (χ3n) is 1.84. The van der Waals surface area contributed by atoms with Crippen LogP contribution in [-0.2, 0) is 4.79 Å². The number of carbonyl (C=O) groups is 2. The molecule has 0 saturated carbocycles. The normalized spacial score (nSPS) is 9.73. The second kappa shape index (κ2) is 4.93. The fourth-order valence-electron chi connectivity index (χ4n) is 1.09. The molecule has 0 fully saturated rings. The topological polar surface area (TPSA) is 66.4 Å². The van der Waals surface area contributed by atoms with E-state index in [0.717, 1.165) is 10.0 Å². The Morgan fingerprint density at radius 3 is 2.73 bits per heavy atom. The lowest BCUT2D eigenvalue weighted by Gasteiger charge is -2.06. The number of rotatable bonds is 3. The van der Waals surface area contributed by atoms with E-state index in [1.165, 1.54) is 0 Å². The van der Waals surface area contributed by atoms with E-state index in [1.54, 1.807) is 19.1 Å².